The van der Waals surface area contributed by atoms with Crippen LogP contribution in [0, 0.1) is 0 Å². The highest BCUT2D eigenvalue weighted by Gasteiger charge is 2.25. The number of rotatable bonds is 0. The third-order valence-electron chi connectivity index (χ3n) is 1.80. The lowest BCUT2D eigenvalue weighted by atomic mass is 10.1. The minimum absolute atomic E-state index is 0.293. The average molecular weight is 219 g/mol. The number of halogens is 1. The maximum Gasteiger partial charge on any atom is 0.360 e. The van der Waals surface area contributed by atoms with Crippen LogP contribution in [0.2, 0.25) is 5.02 Å². The molecule has 2 atom stereocenters. The number of hydrogen-bond acceptors (Lipinski definition) is 3. The van der Waals surface area contributed by atoms with Gasteiger partial charge in [0.15, 0.2) is 0 Å². The van der Waals surface area contributed by atoms with E-state index in [0.29, 0.717) is 10.8 Å². The van der Waals surface area contributed by atoms with Crippen LogP contribution < -0.4 is 4.18 Å². The maximum absolute atomic E-state index is 11.0. The summed E-state index contributed by atoms with van der Waals surface area (Å²) in [7, 11) is 0. The monoisotopic (exact) mass is 218 g/mol. The highest BCUT2D eigenvalue weighted by Crippen LogP contribution is 2.38. The Morgan fingerprint density at radius 3 is 3.08 bits per heavy atom. The van der Waals surface area contributed by atoms with Crippen molar-refractivity contribution in [2.24, 2.45) is 0 Å². The van der Waals surface area contributed by atoms with E-state index in [1.807, 2.05) is 0 Å². The first-order valence-electron chi connectivity index (χ1n) is 3.74. The molecule has 0 bridgehead atoms. The second-order valence-electron chi connectivity index (χ2n) is 2.68. The zero-order valence-corrected chi connectivity index (χ0v) is 8.39. The Kier molecular flexibility index (Phi) is 2.27. The Hall–Kier alpha value is -0.580. The van der Waals surface area contributed by atoms with Gasteiger partial charge in [0.05, 0.1) is 5.02 Å². The summed E-state index contributed by atoms with van der Waals surface area (Å²) >= 11 is 4.23. The summed E-state index contributed by atoms with van der Waals surface area (Å²) in [4.78, 5) is 0. The lowest BCUT2D eigenvalue weighted by Gasteiger charge is -2.21. The fourth-order valence-corrected chi connectivity index (χ4v) is 2.23. The van der Waals surface area contributed by atoms with E-state index in [2.05, 4.69) is 0 Å². The second kappa shape index (κ2) is 3.29. The molecule has 5 heteroatoms. The van der Waals surface area contributed by atoms with E-state index >= 15 is 0 Å². The summed E-state index contributed by atoms with van der Waals surface area (Å²) in [6.45, 7) is 1.78. The molecule has 2 unspecified atom stereocenters. The van der Waals surface area contributed by atoms with Crippen LogP contribution in [0.5, 0.6) is 5.75 Å². The highest BCUT2D eigenvalue weighted by molar-refractivity contribution is 7.75. The van der Waals surface area contributed by atoms with Gasteiger partial charge in [0, 0.05) is 5.56 Å². The standard InChI is InChI=1S/C8H7ClO3S/c1-5-8-6(9)3-2-4-7(8)12-13(10)11-5/h2-5H,1H3. The van der Waals surface area contributed by atoms with E-state index in [1.165, 1.54) is 0 Å². The molecule has 1 aliphatic heterocycles. The van der Waals surface area contributed by atoms with Gasteiger partial charge in [-0.3, -0.25) is 4.18 Å². The minimum atomic E-state index is -1.70. The first-order chi connectivity index (χ1) is 6.18. The van der Waals surface area contributed by atoms with Crippen LogP contribution in [-0.2, 0) is 15.5 Å². The molecule has 1 aliphatic rings. The summed E-state index contributed by atoms with van der Waals surface area (Å²) in [5, 5.41) is 0.571. The molecule has 0 fully saturated rings. The van der Waals surface area contributed by atoms with Gasteiger partial charge in [-0.05, 0) is 19.1 Å². The van der Waals surface area contributed by atoms with Crippen LogP contribution in [0.15, 0.2) is 18.2 Å². The summed E-state index contributed by atoms with van der Waals surface area (Å²) in [6, 6.07) is 5.21. The molecule has 0 amide bonds. The number of fused-ring (bicyclic) bond motifs is 1. The van der Waals surface area contributed by atoms with Crippen molar-refractivity contribution in [2.75, 3.05) is 0 Å². The van der Waals surface area contributed by atoms with Crippen LogP contribution in [0.3, 0.4) is 0 Å². The Morgan fingerprint density at radius 2 is 2.31 bits per heavy atom. The molecule has 13 heavy (non-hydrogen) atoms. The van der Waals surface area contributed by atoms with Gasteiger partial charge >= 0.3 is 11.4 Å². The van der Waals surface area contributed by atoms with Crippen molar-refractivity contribution in [3.63, 3.8) is 0 Å². The first-order valence-corrected chi connectivity index (χ1v) is 5.12. The van der Waals surface area contributed by atoms with E-state index in [1.54, 1.807) is 25.1 Å². The molecule has 0 aromatic heterocycles. The summed E-state index contributed by atoms with van der Waals surface area (Å²) in [5.41, 5.74) is 0.753. The quantitative estimate of drug-likeness (QED) is 0.671. The lowest BCUT2D eigenvalue weighted by Crippen LogP contribution is -2.16. The molecule has 1 aromatic carbocycles. The molecule has 0 saturated carbocycles. The van der Waals surface area contributed by atoms with Crippen molar-refractivity contribution >= 4 is 23.0 Å². The summed E-state index contributed by atoms with van der Waals surface area (Å²) in [6.07, 6.45) is -0.293. The maximum atomic E-state index is 11.0. The first kappa shape index (κ1) is 8.99. The van der Waals surface area contributed by atoms with E-state index < -0.39 is 11.4 Å². The van der Waals surface area contributed by atoms with E-state index in [9.17, 15) is 4.21 Å². The molecule has 3 nitrogen and oxygen atoms in total. The van der Waals surface area contributed by atoms with E-state index in [4.69, 9.17) is 20.0 Å². The van der Waals surface area contributed by atoms with Gasteiger partial charge in [-0.1, -0.05) is 17.7 Å². The van der Waals surface area contributed by atoms with Crippen LogP contribution in [-0.4, -0.2) is 4.21 Å². The van der Waals surface area contributed by atoms with Crippen molar-refractivity contribution in [3.05, 3.63) is 28.8 Å². The van der Waals surface area contributed by atoms with Gasteiger partial charge in [-0.2, -0.15) is 4.21 Å². The SMILES string of the molecule is CC1OS(=O)Oc2cccc(Cl)c21. The largest absolute Gasteiger partial charge is 0.380 e. The summed E-state index contributed by atoms with van der Waals surface area (Å²) < 4.78 is 20.9. The molecule has 0 aliphatic carbocycles. The Labute approximate surface area is 83.5 Å². The third-order valence-corrected chi connectivity index (χ3v) is 2.89. The lowest BCUT2D eigenvalue weighted by molar-refractivity contribution is 0.209. The molecule has 0 N–H and O–H groups in total. The summed E-state index contributed by atoms with van der Waals surface area (Å²) in [5.74, 6) is 0.532. The van der Waals surface area contributed by atoms with Crippen molar-refractivity contribution in [1.82, 2.24) is 0 Å². The fourth-order valence-electron chi connectivity index (χ4n) is 1.24. The van der Waals surface area contributed by atoms with Crippen LogP contribution in [0.4, 0.5) is 0 Å². The molecular formula is C8H7ClO3S. The topological polar surface area (TPSA) is 35.5 Å². The van der Waals surface area contributed by atoms with Gasteiger partial charge in [-0.15, -0.1) is 0 Å². The molecule has 0 saturated heterocycles. The van der Waals surface area contributed by atoms with Crippen molar-refractivity contribution < 1.29 is 12.6 Å². The van der Waals surface area contributed by atoms with E-state index in [0.717, 1.165) is 5.56 Å². The zero-order valence-electron chi connectivity index (χ0n) is 6.82. The number of hydrogen-bond donors (Lipinski definition) is 0. The van der Waals surface area contributed by atoms with Gasteiger partial charge in [0.1, 0.15) is 11.9 Å². The van der Waals surface area contributed by atoms with E-state index in [-0.39, 0.29) is 6.10 Å². The molecule has 2 rings (SSSR count). The predicted octanol–water partition coefficient (Wildman–Crippen LogP) is 2.39. The van der Waals surface area contributed by atoms with Gasteiger partial charge < -0.3 is 4.18 Å². The van der Waals surface area contributed by atoms with Gasteiger partial charge in [0.2, 0.25) is 0 Å². The molecule has 1 heterocycles. The van der Waals surface area contributed by atoms with Crippen molar-refractivity contribution in [1.29, 1.82) is 0 Å². The Balaban J connectivity index is 2.55. The zero-order chi connectivity index (χ0) is 9.42. The number of benzene rings is 1. The Morgan fingerprint density at radius 1 is 1.54 bits per heavy atom. The normalized spacial score (nSPS) is 26.3. The molecule has 70 valence electrons. The highest BCUT2D eigenvalue weighted by atomic mass is 35.5. The van der Waals surface area contributed by atoms with Crippen molar-refractivity contribution in [2.45, 2.75) is 13.0 Å². The third kappa shape index (κ3) is 1.57. The van der Waals surface area contributed by atoms with Crippen LogP contribution in [0.1, 0.15) is 18.6 Å². The van der Waals surface area contributed by atoms with Gasteiger partial charge in [-0.25, -0.2) is 0 Å². The Bertz CT molecular complexity index is 366. The molecule has 0 spiro atoms. The minimum Gasteiger partial charge on any atom is -0.380 e. The van der Waals surface area contributed by atoms with Crippen molar-refractivity contribution in [3.8, 4) is 5.75 Å². The van der Waals surface area contributed by atoms with Crippen LogP contribution >= 0.6 is 11.6 Å². The van der Waals surface area contributed by atoms with Gasteiger partial charge in [0.25, 0.3) is 0 Å². The fraction of sp³-hybridized carbons (Fsp3) is 0.250. The second-order valence-corrected chi connectivity index (χ2v) is 3.85. The molecular weight excluding hydrogens is 212 g/mol. The molecule has 0 radical (unpaired) electrons. The smallest absolute Gasteiger partial charge is 0.360 e. The predicted molar refractivity (Wildman–Crippen MR) is 49.7 cm³/mol. The van der Waals surface area contributed by atoms with Crippen LogP contribution in [0.25, 0.3) is 0 Å². The average Bonchev–Trinajstić information content (AvgIpc) is 2.02. The molecule has 1 aromatic rings.